The van der Waals surface area contributed by atoms with Gasteiger partial charge in [0.05, 0.1) is 12.0 Å². The Morgan fingerprint density at radius 1 is 1.44 bits per heavy atom. The first kappa shape index (κ1) is 17.3. The Labute approximate surface area is 116 Å². The summed E-state index contributed by atoms with van der Waals surface area (Å²) in [5, 5.41) is 4.24. The van der Waals surface area contributed by atoms with Gasteiger partial charge in [-0.3, -0.25) is 0 Å². The van der Waals surface area contributed by atoms with Gasteiger partial charge in [-0.2, -0.15) is 0 Å². The lowest BCUT2D eigenvalue weighted by Gasteiger charge is -2.03. The van der Waals surface area contributed by atoms with Gasteiger partial charge in [0.1, 0.15) is 4.88 Å². The molecule has 0 radical (unpaired) electrons. The fourth-order valence-corrected chi connectivity index (χ4v) is 3.28. The largest absolute Gasteiger partial charge is 0.465 e. The molecular weight excluding hydrogens is 300 g/mol. The van der Waals surface area contributed by atoms with Crippen LogP contribution in [0.25, 0.3) is 0 Å². The van der Waals surface area contributed by atoms with Crippen molar-refractivity contribution in [2.45, 2.75) is 4.90 Å². The molecule has 1 heterocycles. The monoisotopic (exact) mass is 314 g/mol. The third-order valence-corrected chi connectivity index (χ3v) is 4.44. The van der Waals surface area contributed by atoms with Crippen molar-refractivity contribution in [3.63, 3.8) is 0 Å². The fourth-order valence-electron chi connectivity index (χ4n) is 1.06. The summed E-state index contributed by atoms with van der Waals surface area (Å²) in [5.74, 6) is -0.535. The number of rotatable bonds is 6. The summed E-state index contributed by atoms with van der Waals surface area (Å²) < 4.78 is 30.4. The van der Waals surface area contributed by atoms with Crippen LogP contribution in [-0.2, 0) is 14.8 Å². The Morgan fingerprint density at radius 2 is 2.11 bits per heavy atom. The minimum atomic E-state index is -3.54. The average Bonchev–Trinajstić information content (AvgIpc) is 2.78. The van der Waals surface area contributed by atoms with Crippen LogP contribution in [0, 0.1) is 0 Å². The number of hydrogen-bond acceptors (Lipinski definition) is 6. The Balaban J connectivity index is 0.00000289. The highest BCUT2D eigenvalue weighted by atomic mass is 35.5. The number of carbonyl (C=O) groups is 1. The predicted molar refractivity (Wildman–Crippen MR) is 72.0 cm³/mol. The molecule has 9 heteroatoms. The number of carbonyl (C=O) groups excluding carboxylic acids is 1. The molecule has 2 N–H and O–H groups in total. The minimum absolute atomic E-state index is 0. The third kappa shape index (κ3) is 4.54. The molecular formula is C9H15ClN2O4S2. The second-order valence-corrected chi connectivity index (χ2v) is 5.82. The summed E-state index contributed by atoms with van der Waals surface area (Å²) in [5.41, 5.74) is 0. The van der Waals surface area contributed by atoms with Gasteiger partial charge >= 0.3 is 5.97 Å². The Bertz CT molecular complexity index is 487. The van der Waals surface area contributed by atoms with E-state index in [1.165, 1.54) is 18.6 Å². The van der Waals surface area contributed by atoms with Gasteiger partial charge < -0.3 is 10.1 Å². The van der Waals surface area contributed by atoms with Gasteiger partial charge in [0.15, 0.2) is 0 Å². The molecule has 0 aliphatic heterocycles. The lowest BCUT2D eigenvalue weighted by atomic mass is 10.5. The molecule has 0 aromatic carbocycles. The van der Waals surface area contributed by atoms with Crippen LogP contribution in [0.3, 0.4) is 0 Å². The second-order valence-electron chi connectivity index (χ2n) is 3.14. The van der Waals surface area contributed by atoms with E-state index in [4.69, 9.17) is 0 Å². The van der Waals surface area contributed by atoms with Gasteiger partial charge in [0, 0.05) is 18.5 Å². The van der Waals surface area contributed by atoms with Crippen LogP contribution in [0.2, 0.25) is 0 Å². The van der Waals surface area contributed by atoms with Crippen molar-refractivity contribution in [3.8, 4) is 0 Å². The lowest BCUT2D eigenvalue weighted by molar-refractivity contribution is 0.0606. The van der Waals surface area contributed by atoms with E-state index in [1.807, 2.05) is 0 Å². The summed E-state index contributed by atoms with van der Waals surface area (Å²) in [6, 6.07) is 1.30. The van der Waals surface area contributed by atoms with Crippen molar-refractivity contribution in [1.82, 2.24) is 10.0 Å². The molecule has 0 atom stereocenters. The van der Waals surface area contributed by atoms with E-state index in [-0.39, 0.29) is 22.2 Å². The Morgan fingerprint density at radius 3 is 2.67 bits per heavy atom. The van der Waals surface area contributed by atoms with Crippen molar-refractivity contribution >= 4 is 39.7 Å². The maximum absolute atomic E-state index is 11.7. The molecule has 0 unspecified atom stereocenters. The van der Waals surface area contributed by atoms with Crippen LogP contribution in [0.15, 0.2) is 16.3 Å². The van der Waals surface area contributed by atoms with E-state index in [2.05, 4.69) is 14.8 Å². The van der Waals surface area contributed by atoms with E-state index in [0.29, 0.717) is 13.1 Å². The number of hydrogen-bond donors (Lipinski definition) is 2. The smallest absolute Gasteiger partial charge is 0.348 e. The Hall–Kier alpha value is -0.670. The Kier molecular flexibility index (Phi) is 7.41. The number of likely N-dealkylation sites (N-methyl/N-ethyl adjacent to an activating group) is 1. The summed E-state index contributed by atoms with van der Waals surface area (Å²) in [6.45, 7) is 0.829. The molecule has 1 aromatic rings. The van der Waals surface area contributed by atoms with Crippen LogP contribution in [0.5, 0.6) is 0 Å². The second kappa shape index (κ2) is 7.70. The maximum Gasteiger partial charge on any atom is 0.348 e. The highest BCUT2D eigenvalue weighted by Gasteiger charge is 2.18. The molecule has 0 saturated carbocycles. The minimum Gasteiger partial charge on any atom is -0.465 e. The quantitative estimate of drug-likeness (QED) is 0.588. The molecule has 6 nitrogen and oxygen atoms in total. The van der Waals surface area contributed by atoms with Gasteiger partial charge in [-0.1, -0.05) is 0 Å². The van der Waals surface area contributed by atoms with Gasteiger partial charge in [0.25, 0.3) is 0 Å². The fraction of sp³-hybridized carbons (Fsp3) is 0.444. The first-order chi connectivity index (χ1) is 8.01. The van der Waals surface area contributed by atoms with Gasteiger partial charge in [0.2, 0.25) is 10.0 Å². The molecule has 1 rings (SSSR count). The van der Waals surface area contributed by atoms with E-state index in [9.17, 15) is 13.2 Å². The van der Waals surface area contributed by atoms with Crippen LogP contribution < -0.4 is 10.0 Å². The number of ether oxygens (including phenoxy) is 1. The predicted octanol–water partition coefficient (Wildman–Crippen LogP) is 0.454. The molecule has 18 heavy (non-hydrogen) atoms. The summed E-state index contributed by atoms with van der Waals surface area (Å²) >= 11 is 1.04. The normalized spacial score (nSPS) is 10.8. The first-order valence-electron chi connectivity index (χ1n) is 4.82. The molecule has 104 valence electrons. The molecule has 0 saturated heterocycles. The zero-order valence-electron chi connectivity index (χ0n) is 9.93. The van der Waals surface area contributed by atoms with Gasteiger partial charge in [-0.15, -0.1) is 23.7 Å². The standard InChI is InChI=1S/C9H14N2O4S2.ClH/c1-10-3-4-11-17(13,14)7-5-8(16-6-7)9(12)15-2;/h5-6,10-11H,3-4H2,1-2H3;1H. The van der Waals surface area contributed by atoms with E-state index in [0.717, 1.165) is 11.3 Å². The van der Waals surface area contributed by atoms with Crippen molar-refractivity contribution in [2.24, 2.45) is 0 Å². The van der Waals surface area contributed by atoms with Gasteiger partial charge in [-0.05, 0) is 13.1 Å². The number of methoxy groups -OCH3 is 1. The zero-order chi connectivity index (χ0) is 12.9. The summed E-state index contributed by atoms with van der Waals surface area (Å²) in [6.07, 6.45) is 0. The highest BCUT2D eigenvalue weighted by molar-refractivity contribution is 7.89. The molecule has 1 aromatic heterocycles. The zero-order valence-corrected chi connectivity index (χ0v) is 12.4. The molecule has 0 amide bonds. The summed E-state index contributed by atoms with van der Waals surface area (Å²) in [7, 11) is -0.559. The highest BCUT2D eigenvalue weighted by Crippen LogP contribution is 2.19. The van der Waals surface area contributed by atoms with Gasteiger partial charge in [-0.25, -0.2) is 17.9 Å². The number of nitrogens with one attached hydrogen (secondary N) is 2. The summed E-state index contributed by atoms with van der Waals surface area (Å²) in [4.78, 5) is 11.5. The van der Waals surface area contributed by atoms with Crippen LogP contribution >= 0.6 is 23.7 Å². The van der Waals surface area contributed by atoms with Crippen LogP contribution in [-0.4, -0.2) is 41.6 Å². The van der Waals surface area contributed by atoms with Crippen molar-refractivity contribution in [2.75, 3.05) is 27.2 Å². The van der Waals surface area contributed by atoms with E-state index >= 15 is 0 Å². The topological polar surface area (TPSA) is 84.5 Å². The lowest BCUT2D eigenvalue weighted by Crippen LogP contribution is -2.30. The number of halogens is 1. The van der Waals surface area contributed by atoms with Crippen LogP contribution in [0.1, 0.15) is 9.67 Å². The molecule has 0 fully saturated rings. The maximum atomic E-state index is 11.7. The van der Waals surface area contributed by atoms with E-state index in [1.54, 1.807) is 7.05 Å². The van der Waals surface area contributed by atoms with E-state index < -0.39 is 16.0 Å². The average molecular weight is 315 g/mol. The molecule has 0 aliphatic carbocycles. The first-order valence-corrected chi connectivity index (χ1v) is 7.18. The number of esters is 1. The molecule has 0 aliphatic rings. The SMILES string of the molecule is CNCCNS(=O)(=O)c1csc(C(=O)OC)c1.Cl. The molecule has 0 bridgehead atoms. The third-order valence-electron chi connectivity index (χ3n) is 1.94. The number of thiophene rings is 1. The number of sulfonamides is 1. The van der Waals surface area contributed by atoms with Crippen LogP contribution in [0.4, 0.5) is 0 Å². The van der Waals surface area contributed by atoms with Crippen molar-refractivity contribution in [3.05, 3.63) is 16.3 Å². The van der Waals surface area contributed by atoms with Crippen molar-refractivity contribution in [1.29, 1.82) is 0 Å². The van der Waals surface area contributed by atoms with Crippen molar-refractivity contribution < 1.29 is 17.9 Å². The molecule has 0 spiro atoms.